The van der Waals surface area contributed by atoms with Gasteiger partial charge in [-0.1, -0.05) is 78.1 Å². The van der Waals surface area contributed by atoms with Crippen LogP contribution < -0.4 is 10.6 Å². The SMILES string of the molecule is CCCCCCCCNC(=O)CCCCC(=O)NCCCCCCCC. The van der Waals surface area contributed by atoms with E-state index in [1.54, 1.807) is 0 Å². The van der Waals surface area contributed by atoms with E-state index in [1.165, 1.54) is 64.2 Å². The molecule has 0 aromatic rings. The maximum atomic E-state index is 11.7. The van der Waals surface area contributed by atoms with Crippen LogP contribution in [0.4, 0.5) is 0 Å². The van der Waals surface area contributed by atoms with Gasteiger partial charge < -0.3 is 10.6 Å². The van der Waals surface area contributed by atoms with Crippen molar-refractivity contribution in [2.75, 3.05) is 13.1 Å². The van der Waals surface area contributed by atoms with Crippen molar-refractivity contribution in [1.29, 1.82) is 0 Å². The van der Waals surface area contributed by atoms with Gasteiger partial charge in [0.2, 0.25) is 11.8 Å². The van der Waals surface area contributed by atoms with Gasteiger partial charge in [-0.05, 0) is 25.7 Å². The fraction of sp³-hybridized carbons (Fsp3) is 0.909. The summed E-state index contributed by atoms with van der Waals surface area (Å²) in [5.74, 6) is 0.261. The molecule has 4 nitrogen and oxygen atoms in total. The second-order valence-electron chi connectivity index (χ2n) is 7.44. The minimum Gasteiger partial charge on any atom is -0.356 e. The van der Waals surface area contributed by atoms with Gasteiger partial charge in [-0.25, -0.2) is 0 Å². The summed E-state index contributed by atoms with van der Waals surface area (Å²) in [5, 5.41) is 5.97. The highest BCUT2D eigenvalue weighted by Gasteiger charge is 2.04. The molecule has 0 aliphatic carbocycles. The van der Waals surface area contributed by atoms with Gasteiger partial charge in [0.15, 0.2) is 0 Å². The Bertz CT molecular complexity index is 300. The highest BCUT2D eigenvalue weighted by Crippen LogP contribution is 2.05. The van der Waals surface area contributed by atoms with Crippen LogP contribution in [0.25, 0.3) is 0 Å². The van der Waals surface area contributed by atoms with E-state index in [0.717, 1.165) is 38.8 Å². The Kier molecular flexibility index (Phi) is 19.4. The number of carbonyl (C=O) groups is 2. The molecule has 0 atom stereocenters. The lowest BCUT2D eigenvalue weighted by molar-refractivity contribution is -0.123. The molecule has 0 aromatic carbocycles. The monoisotopic (exact) mass is 368 g/mol. The summed E-state index contributed by atoms with van der Waals surface area (Å²) in [7, 11) is 0. The minimum atomic E-state index is 0.131. The first-order chi connectivity index (χ1) is 12.7. The summed E-state index contributed by atoms with van der Waals surface area (Å²) in [6.07, 6.45) is 17.6. The predicted molar refractivity (Wildman–Crippen MR) is 111 cm³/mol. The lowest BCUT2D eigenvalue weighted by atomic mass is 10.1. The summed E-state index contributed by atoms with van der Waals surface area (Å²) >= 11 is 0. The van der Waals surface area contributed by atoms with Crippen LogP contribution in [-0.4, -0.2) is 24.9 Å². The van der Waals surface area contributed by atoms with Crippen molar-refractivity contribution < 1.29 is 9.59 Å². The molecule has 4 heteroatoms. The second-order valence-corrected chi connectivity index (χ2v) is 7.44. The molecule has 0 spiro atoms. The smallest absolute Gasteiger partial charge is 0.219 e. The van der Waals surface area contributed by atoms with E-state index < -0.39 is 0 Å². The summed E-state index contributed by atoms with van der Waals surface area (Å²) < 4.78 is 0. The number of hydrogen-bond acceptors (Lipinski definition) is 2. The van der Waals surface area contributed by atoms with Gasteiger partial charge in [-0.3, -0.25) is 9.59 Å². The lowest BCUT2D eigenvalue weighted by Crippen LogP contribution is -2.25. The molecule has 0 aliphatic heterocycles. The Morgan fingerprint density at radius 2 is 0.846 bits per heavy atom. The van der Waals surface area contributed by atoms with Crippen LogP contribution in [-0.2, 0) is 9.59 Å². The van der Waals surface area contributed by atoms with Crippen LogP contribution in [0.1, 0.15) is 117 Å². The normalized spacial score (nSPS) is 10.7. The summed E-state index contributed by atoms with van der Waals surface area (Å²) in [6, 6.07) is 0. The maximum Gasteiger partial charge on any atom is 0.219 e. The maximum absolute atomic E-state index is 11.7. The fourth-order valence-corrected chi connectivity index (χ4v) is 3.01. The standard InChI is InChI=1S/C22H44N2O2/c1-3-5-7-9-11-15-19-23-21(25)17-13-14-18-22(26)24-20-16-12-10-8-6-4-2/h3-20H2,1-2H3,(H,23,25)(H,24,26). The van der Waals surface area contributed by atoms with Crippen LogP contribution in [0.5, 0.6) is 0 Å². The number of unbranched alkanes of at least 4 members (excludes halogenated alkanes) is 11. The molecule has 0 heterocycles. The van der Waals surface area contributed by atoms with E-state index in [9.17, 15) is 9.59 Å². The average Bonchev–Trinajstić information content (AvgIpc) is 2.64. The van der Waals surface area contributed by atoms with Crippen molar-refractivity contribution in [3.05, 3.63) is 0 Å². The molecular weight excluding hydrogens is 324 g/mol. The largest absolute Gasteiger partial charge is 0.356 e. The quantitative estimate of drug-likeness (QED) is 0.296. The molecule has 0 saturated carbocycles. The summed E-state index contributed by atoms with van der Waals surface area (Å²) in [4.78, 5) is 23.5. The van der Waals surface area contributed by atoms with Gasteiger partial charge in [-0.15, -0.1) is 0 Å². The van der Waals surface area contributed by atoms with Crippen molar-refractivity contribution in [1.82, 2.24) is 10.6 Å². The zero-order valence-corrected chi connectivity index (χ0v) is 17.5. The number of hydrogen-bond donors (Lipinski definition) is 2. The van der Waals surface area contributed by atoms with Crippen LogP contribution >= 0.6 is 0 Å². The third-order valence-corrected chi connectivity index (χ3v) is 4.76. The number of rotatable bonds is 19. The predicted octanol–water partition coefficient (Wildman–Crippen LogP) is 5.50. The highest BCUT2D eigenvalue weighted by atomic mass is 16.2. The van der Waals surface area contributed by atoms with Gasteiger partial charge in [0.1, 0.15) is 0 Å². The molecule has 0 aliphatic rings. The highest BCUT2D eigenvalue weighted by molar-refractivity contribution is 5.77. The van der Waals surface area contributed by atoms with Crippen LogP contribution in [0, 0.1) is 0 Å². The average molecular weight is 369 g/mol. The van der Waals surface area contributed by atoms with Crippen molar-refractivity contribution in [2.45, 2.75) is 117 Å². The van der Waals surface area contributed by atoms with Gasteiger partial charge in [0.05, 0.1) is 0 Å². The first-order valence-electron chi connectivity index (χ1n) is 11.2. The minimum absolute atomic E-state index is 0.131. The third kappa shape index (κ3) is 19.3. The first-order valence-corrected chi connectivity index (χ1v) is 11.2. The molecule has 0 bridgehead atoms. The molecule has 0 aromatic heterocycles. The zero-order valence-electron chi connectivity index (χ0n) is 17.5. The van der Waals surface area contributed by atoms with Crippen LogP contribution in [0.2, 0.25) is 0 Å². The molecular formula is C22H44N2O2. The van der Waals surface area contributed by atoms with Crippen molar-refractivity contribution in [3.8, 4) is 0 Å². The van der Waals surface area contributed by atoms with E-state index in [-0.39, 0.29) is 11.8 Å². The lowest BCUT2D eigenvalue weighted by Gasteiger charge is -2.06. The third-order valence-electron chi connectivity index (χ3n) is 4.76. The molecule has 26 heavy (non-hydrogen) atoms. The number of carbonyl (C=O) groups excluding carboxylic acids is 2. The number of nitrogens with one attached hydrogen (secondary N) is 2. The van der Waals surface area contributed by atoms with E-state index in [1.807, 2.05) is 0 Å². The van der Waals surface area contributed by atoms with E-state index >= 15 is 0 Å². The fourth-order valence-electron chi connectivity index (χ4n) is 3.01. The first kappa shape index (κ1) is 24.9. The van der Waals surface area contributed by atoms with E-state index in [2.05, 4.69) is 24.5 Å². The zero-order chi connectivity index (χ0) is 19.3. The topological polar surface area (TPSA) is 58.2 Å². The van der Waals surface area contributed by atoms with Crippen LogP contribution in [0.15, 0.2) is 0 Å². The molecule has 154 valence electrons. The van der Waals surface area contributed by atoms with Gasteiger partial charge in [0, 0.05) is 25.9 Å². The second kappa shape index (κ2) is 20.3. The van der Waals surface area contributed by atoms with Gasteiger partial charge >= 0.3 is 0 Å². The van der Waals surface area contributed by atoms with Crippen molar-refractivity contribution in [3.63, 3.8) is 0 Å². The number of amides is 2. The Balaban J connectivity index is 3.31. The summed E-state index contributed by atoms with van der Waals surface area (Å²) in [6.45, 7) is 6.03. The van der Waals surface area contributed by atoms with Crippen molar-refractivity contribution in [2.24, 2.45) is 0 Å². The summed E-state index contributed by atoms with van der Waals surface area (Å²) in [5.41, 5.74) is 0. The Morgan fingerprint density at radius 3 is 1.23 bits per heavy atom. The molecule has 2 N–H and O–H groups in total. The molecule has 0 rings (SSSR count). The molecule has 0 unspecified atom stereocenters. The van der Waals surface area contributed by atoms with E-state index in [4.69, 9.17) is 0 Å². The molecule has 0 fully saturated rings. The van der Waals surface area contributed by atoms with Crippen LogP contribution in [0.3, 0.4) is 0 Å². The molecule has 0 radical (unpaired) electrons. The molecule has 2 amide bonds. The molecule has 0 saturated heterocycles. The Labute approximate surface area is 162 Å². The van der Waals surface area contributed by atoms with Crippen molar-refractivity contribution >= 4 is 11.8 Å². The Morgan fingerprint density at radius 1 is 0.500 bits per heavy atom. The Hall–Kier alpha value is -1.06. The van der Waals surface area contributed by atoms with E-state index in [0.29, 0.717) is 12.8 Å². The van der Waals surface area contributed by atoms with Gasteiger partial charge in [0.25, 0.3) is 0 Å². The van der Waals surface area contributed by atoms with Gasteiger partial charge in [-0.2, -0.15) is 0 Å².